The summed E-state index contributed by atoms with van der Waals surface area (Å²) in [5.74, 6) is -2.68. The van der Waals surface area contributed by atoms with E-state index in [2.05, 4.69) is 9.97 Å². The molecule has 1 aromatic heterocycles. The molecule has 4 nitrogen and oxygen atoms in total. The molecule has 1 aromatic rings. The fourth-order valence-electron chi connectivity index (χ4n) is 2.23. The van der Waals surface area contributed by atoms with Crippen molar-refractivity contribution in [3.63, 3.8) is 0 Å². The zero-order chi connectivity index (χ0) is 12.5. The predicted molar refractivity (Wildman–Crippen MR) is 58.9 cm³/mol. The molecule has 94 valence electrons. The predicted octanol–water partition coefficient (Wildman–Crippen LogP) is 1.52. The van der Waals surface area contributed by atoms with E-state index in [1.54, 1.807) is 0 Å². The minimum atomic E-state index is -2.65. The molecule has 1 aliphatic rings. The van der Waals surface area contributed by atoms with Gasteiger partial charge in [-0.1, -0.05) is 0 Å². The molecule has 1 atom stereocenters. The van der Waals surface area contributed by atoms with E-state index >= 15 is 0 Å². The molecule has 3 N–H and O–H groups in total. The lowest BCUT2D eigenvalue weighted by atomic mass is 9.86. The Balaban J connectivity index is 2.27. The van der Waals surface area contributed by atoms with Crippen molar-refractivity contribution in [3.05, 3.63) is 27.9 Å². The minimum absolute atomic E-state index is 0.0791. The molecular weight excluding hydrogens is 228 g/mol. The van der Waals surface area contributed by atoms with Crippen LogP contribution in [-0.4, -0.2) is 15.9 Å². The Kier molecular flexibility index (Phi) is 3.24. The summed E-state index contributed by atoms with van der Waals surface area (Å²) in [4.78, 5) is 18.0. The number of rotatable bonds is 2. The maximum Gasteiger partial charge on any atom is 0.251 e. The summed E-state index contributed by atoms with van der Waals surface area (Å²) in [5, 5.41) is 0. The average Bonchev–Trinajstić information content (AvgIpc) is 2.27. The van der Waals surface area contributed by atoms with Crippen LogP contribution in [0.4, 0.5) is 8.78 Å². The van der Waals surface area contributed by atoms with E-state index in [9.17, 15) is 13.6 Å². The largest absolute Gasteiger partial charge is 0.325 e. The van der Waals surface area contributed by atoms with Gasteiger partial charge in [-0.25, -0.2) is 13.8 Å². The number of hydrogen-bond donors (Lipinski definition) is 2. The fourth-order valence-corrected chi connectivity index (χ4v) is 2.23. The highest BCUT2D eigenvalue weighted by molar-refractivity contribution is 5.07. The van der Waals surface area contributed by atoms with Gasteiger partial charge in [0, 0.05) is 31.4 Å². The third-order valence-corrected chi connectivity index (χ3v) is 3.05. The molecule has 1 heterocycles. The van der Waals surface area contributed by atoms with Gasteiger partial charge in [-0.05, 0) is 12.8 Å². The number of alkyl halides is 2. The first-order valence-corrected chi connectivity index (χ1v) is 5.68. The van der Waals surface area contributed by atoms with E-state index in [0.29, 0.717) is 24.4 Å². The molecule has 1 fully saturated rings. The van der Waals surface area contributed by atoms with Gasteiger partial charge in [-0.2, -0.15) is 0 Å². The number of nitrogens with zero attached hydrogens (tertiary/aromatic N) is 1. The molecule has 0 aromatic carbocycles. The normalized spacial score (nSPS) is 23.6. The van der Waals surface area contributed by atoms with Gasteiger partial charge in [0.05, 0.1) is 5.69 Å². The van der Waals surface area contributed by atoms with Crippen molar-refractivity contribution >= 4 is 0 Å². The second-order valence-electron chi connectivity index (χ2n) is 4.48. The Morgan fingerprint density at radius 2 is 2.35 bits per heavy atom. The van der Waals surface area contributed by atoms with Crippen molar-refractivity contribution in [1.82, 2.24) is 9.97 Å². The van der Waals surface area contributed by atoms with Crippen LogP contribution in [0.15, 0.2) is 10.9 Å². The maximum atomic E-state index is 13.3. The first-order chi connectivity index (χ1) is 8.00. The molecule has 17 heavy (non-hydrogen) atoms. The number of hydrogen-bond acceptors (Lipinski definition) is 3. The molecule has 0 spiro atoms. The lowest BCUT2D eigenvalue weighted by Crippen LogP contribution is -2.27. The lowest BCUT2D eigenvalue weighted by molar-refractivity contribution is -0.0417. The van der Waals surface area contributed by atoms with Crippen LogP contribution < -0.4 is 11.3 Å². The van der Waals surface area contributed by atoms with Crippen LogP contribution in [0.5, 0.6) is 0 Å². The fraction of sp³-hybridized carbons (Fsp3) is 0.636. The maximum absolute atomic E-state index is 13.3. The zero-order valence-electron chi connectivity index (χ0n) is 9.38. The summed E-state index contributed by atoms with van der Waals surface area (Å²) >= 11 is 0. The van der Waals surface area contributed by atoms with Crippen LogP contribution in [0.25, 0.3) is 0 Å². The Hall–Kier alpha value is -1.30. The number of aromatic amines is 1. The van der Waals surface area contributed by atoms with Crippen LogP contribution in [0, 0.1) is 0 Å². The summed E-state index contributed by atoms with van der Waals surface area (Å²) < 4.78 is 26.6. The van der Waals surface area contributed by atoms with Gasteiger partial charge in [0.25, 0.3) is 5.56 Å². The summed E-state index contributed by atoms with van der Waals surface area (Å²) in [6, 6.07) is 1.30. The zero-order valence-corrected chi connectivity index (χ0v) is 9.38. The van der Waals surface area contributed by atoms with Gasteiger partial charge < -0.3 is 10.7 Å². The van der Waals surface area contributed by atoms with Crippen molar-refractivity contribution in [1.29, 1.82) is 0 Å². The minimum Gasteiger partial charge on any atom is -0.325 e. The second kappa shape index (κ2) is 4.52. The molecule has 1 saturated carbocycles. The van der Waals surface area contributed by atoms with Crippen molar-refractivity contribution in [2.45, 2.75) is 44.1 Å². The topological polar surface area (TPSA) is 71.8 Å². The Morgan fingerprint density at radius 3 is 3.00 bits per heavy atom. The first kappa shape index (κ1) is 12.2. The third kappa shape index (κ3) is 2.88. The highest BCUT2D eigenvalue weighted by Gasteiger charge is 2.37. The molecule has 1 aliphatic carbocycles. The van der Waals surface area contributed by atoms with E-state index in [-0.39, 0.29) is 30.9 Å². The number of nitrogens with one attached hydrogen (secondary N) is 1. The van der Waals surface area contributed by atoms with E-state index in [1.165, 1.54) is 6.07 Å². The van der Waals surface area contributed by atoms with Crippen molar-refractivity contribution in [3.8, 4) is 0 Å². The molecule has 0 bridgehead atoms. The molecule has 0 amide bonds. The number of halogens is 2. The van der Waals surface area contributed by atoms with Crippen LogP contribution in [0.2, 0.25) is 0 Å². The van der Waals surface area contributed by atoms with Crippen molar-refractivity contribution in [2.75, 3.05) is 0 Å². The Morgan fingerprint density at radius 1 is 1.59 bits per heavy atom. The molecule has 1 unspecified atom stereocenters. The molecule has 0 aliphatic heterocycles. The van der Waals surface area contributed by atoms with Gasteiger partial charge in [-0.15, -0.1) is 0 Å². The highest BCUT2D eigenvalue weighted by Crippen LogP contribution is 2.40. The molecule has 0 radical (unpaired) electrons. The Labute approximate surface area is 97.3 Å². The van der Waals surface area contributed by atoms with Gasteiger partial charge in [-0.3, -0.25) is 4.79 Å². The van der Waals surface area contributed by atoms with Gasteiger partial charge >= 0.3 is 0 Å². The number of nitrogens with two attached hydrogens (primary N) is 1. The van der Waals surface area contributed by atoms with E-state index in [4.69, 9.17) is 5.73 Å². The molecule has 0 saturated heterocycles. The third-order valence-electron chi connectivity index (χ3n) is 3.05. The Bertz CT molecular complexity index is 458. The second-order valence-corrected chi connectivity index (χ2v) is 4.48. The lowest BCUT2D eigenvalue weighted by Gasteiger charge is -2.28. The van der Waals surface area contributed by atoms with Gasteiger partial charge in [0.1, 0.15) is 5.82 Å². The smallest absolute Gasteiger partial charge is 0.251 e. The van der Waals surface area contributed by atoms with E-state index in [0.717, 1.165) is 0 Å². The van der Waals surface area contributed by atoms with E-state index in [1.807, 2.05) is 0 Å². The van der Waals surface area contributed by atoms with Crippen molar-refractivity contribution < 1.29 is 8.78 Å². The standard InChI is InChI=1S/C11H15F2N3O/c12-11(13)3-1-2-7(5-11)10-15-8(6-14)4-9(17)16-10/h4,7H,1-3,5-6,14H2,(H,15,16,17). The first-order valence-electron chi connectivity index (χ1n) is 5.68. The summed E-state index contributed by atoms with van der Waals surface area (Å²) in [5.41, 5.74) is 5.52. The van der Waals surface area contributed by atoms with Crippen molar-refractivity contribution in [2.24, 2.45) is 5.73 Å². The van der Waals surface area contributed by atoms with Gasteiger partial charge in [0.15, 0.2) is 0 Å². The monoisotopic (exact) mass is 243 g/mol. The summed E-state index contributed by atoms with van der Waals surface area (Å²) in [6.07, 6.45) is 0.759. The van der Waals surface area contributed by atoms with E-state index < -0.39 is 5.92 Å². The number of H-pyrrole nitrogens is 1. The average molecular weight is 243 g/mol. The summed E-state index contributed by atoms with van der Waals surface area (Å²) in [7, 11) is 0. The van der Waals surface area contributed by atoms with Gasteiger partial charge in [0.2, 0.25) is 5.92 Å². The van der Waals surface area contributed by atoms with Crippen LogP contribution in [-0.2, 0) is 6.54 Å². The number of aromatic nitrogens is 2. The van der Waals surface area contributed by atoms with Crippen LogP contribution in [0.3, 0.4) is 0 Å². The highest BCUT2D eigenvalue weighted by atomic mass is 19.3. The van der Waals surface area contributed by atoms with Crippen LogP contribution in [0.1, 0.15) is 43.1 Å². The molecule has 2 rings (SSSR count). The molecular formula is C11H15F2N3O. The van der Waals surface area contributed by atoms with Crippen LogP contribution >= 0.6 is 0 Å². The SMILES string of the molecule is NCc1cc(=O)[nH]c(C2CCCC(F)(F)C2)n1. The summed E-state index contributed by atoms with van der Waals surface area (Å²) in [6.45, 7) is 0.139. The molecule has 6 heteroatoms. The quantitative estimate of drug-likeness (QED) is 0.827.